The highest BCUT2D eigenvalue weighted by Gasteiger charge is 2.27. The highest BCUT2D eigenvalue weighted by Crippen LogP contribution is 2.30. The normalized spacial score (nSPS) is 35.1. The van der Waals surface area contributed by atoms with Crippen LogP contribution in [0.1, 0.15) is 26.7 Å². The molecule has 0 saturated carbocycles. The second-order valence-corrected chi connectivity index (χ2v) is 3.75. The molecule has 0 heterocycles. The van der Waals surface area contributed by atoms with Gasteiger partial charge in [-0.25, -0.2) is 4.89 Å². The molecule has 2 heteroatoms. The van der Waals surface area contributed by atoms with Crippen molar-refractivity contribution in [2.75, 3.05) is 0 Å². The number of hydrogen-bond acceptors (Lipinski definition) is 2. The Bertz CT molecular complexity index is 208. The van der Waals surface area contributed by atoms with Gasteiger partial charge in [0.25, 0.3) is 0 Å². The van der Waals surface area contributed by atoms with E-state index in [-0.39, 0.29) is 0 Å². The zero-order chi connectivity index (χ0) is 9.19. The van der Waals surface area contributed by atoms with Crippen LogP contribution >= 0.6 is 0 Å². The molecule has 0 radical (unpaired) electrons. The van der Waals surface area contributed by atoms with Crippen molar-refractivity contribution in [3.8, 4) is 0 Å². The fourth-order valence-electron chi connectivity index (χ4n) is 1.43. The Morgan fingerprint density at radius 2 is 2.42 bits per heavy atom. The molecule has 0 spiro atoms. The SMILES string of the molecule is C=C(C)[C@@H]1C=C[C@](C)(OO)CC1. The molecule has 0 amide bonds. The van der Waals surface area contributed by atoms with Gasteiger partial charge in [0.15, 0.2) is 0 Å². The minimum Gasteiger partial charge on any atom is -0.251 e. The van der Waals surface area contributed by atoms with Crippen LogP contribution in [-0.4, -0.2) is 10.9 Å². The van der Waals surface area contributed by atoms with E-state index in [2.05, 4.69) is 17.5 Å². The van der Waals surface area contributed by atoms with Crippen LogP contribution in [-0.2, 0) is 4.89 Å². The first-order valence-electron chi connectivity index (χ1n) is 4.25. The minimum absolute atomic E-state index is 0.452. The first-order valence-corrected chi connectivity index (χ1v) is 4.25. The predicted molar refractivity (Wildman–Crippen MR) is 48.8 cm³/mol. The van der Waals surface area contributed by atoms with Gasteiger partial charge in [0, 0.05) is 0 Å². The summed E-state index contributed by atoms with van der Waals surface area (Å²) in [5.41, 5.74) is 0.692. The zero-order valence-corrected chi connectivity index (χ0v) is 7.71. The van der Waals surface area contributed by atoms with Crippen LogP contribution < -0.4 is 0 Å². The van der Waals surface area contributed by atoms with E-state index < -0.39 is 5.60 Å². The maximum atomic E-state index is 8.60. The van der Waals surface area contributed by atoms with Gasteiger partial charge in [-0.15, -0.1) is 0 Å². The molecular formula is C10H16O2. The molecule has 0 aromatic rings. The molecule has 12 heavy (non-hydrogen) atoms. The first kappa shape index (κ1) is 9.49. The predicted octanol–water partition coefficient (Wildman–Crippen LogP) is 2.78. The highest BCUT2D eigenvalue weighted by atomic mass is 17.1. The van der Waals surface area contributed by atoms with Crippen LogP contribution in [0.5, 0.6) is 0 Å². The van der Waals surface area contributed by atoms with E-state index in [1.54, 1.807) is 0 Å². The van der Waals surface area contributed by atoms with E-state index in [1.807, 2.05) is 19.9 Å². The van der Waals surface area contributed by atoms with Crippen molar-refractivity contribution < 1.29 is 10.1 Å². The van der Waals surface area contributed by atoms with E-state index in [0.717, 1.165) is 12.8 Å². The van der Waals surface area contributed by atoms with Crippen LogP contribution in [0.3, 0.4) is 0 Å². The maximum absolute atomic E-state index is 8.60. The van der Waals surface area contributed by atoms with Gasteiger partial charge < -0.3 is 0 Å². The molecule has 68 valence electrons. The maximum Gasteiger partial charge on any atom is 0.119 e. The van der Waals surface area contributed by atoms with Crippen LogP contribution in [0.25, 0.3) is 0 Å². The van der Waals surface area contributed by atoms with Crippen LogP contribution in [0.15, 0.2) is 24.3 Å². The molecular weight excluding hydrogens is 152 g/mol. The van der Waals surface area contributed by atoms with Crippen LogP contribution in [0, 0.1) is 5.92 Å². The molecule has 2 nitrogen and oxygen atoms in total. The summed E-state index contributed by atoms with van der Waals surface area (Å²) in [5.74, 6) is 0.452. The highest BCUT2D eigenvalue weighted by molar-refractivity contribution is 5.14. The molecule has 2 atom stereocenters. The third-order valence-electron chi connectivity index (χ3n) is 2.47. The van der Waals surface area contributed by atoms with Crippen molar-refractivity contribution in [1.82, 2.24) is 0 Å². The lowest BCUT2D eigenvalue weighted by Gasteiger charge is -2.29. The van der Waals surface area contributed by atoms with E-state index in [4.69, 9.17) is 5.26 Å². The van der Waals surface area contributed by atoms with E-state index in [1.165, 1.54) is 5.57 Å². The van der Waals surface area contributed by atoms with Crippen molar-refractivity contribution in [3.63, 3.8) is 0 Å². The molecule has 1 rings (SSSR count). The van der Waals surface area contributed by atoms with Gasteiger partial charge in [-0.1, -0.05) is 24.3 Å². The van der Waals surface area contributed by atoms with Crippen molar-refractivity contribution >= 4 is 0 Å². The molecule has 1 aliphatic carbocycles. The van der Waals surface area contributed by atoms with Gasteiger partial charge in [-0.05, 0) is 32.6 Å². The van der Waals surface area contributed by atoms with Crippen molar-refractivity contribution in [3.05, 3.63) is 24.3 Å². The number of hydrogen-bond donors (Lipinski definition) is 1. The average Bonchev–Trinajstić information content (AvgIpc) is 2.05. The molecule has 0 saturated heterocycles. The van der Waals surface area contributed by atoms with Gasteiger partial charge in [0.1, 0.15) is 5.60 Å². The van der Waals surface area contributed by atoms with Crippen molar-refractivity contribution in [2.45, 2.75) is 32.3 Å². The van der Waals surface area contributed by atoms with Crippen molar-refractivity contribution in [1.29, 1.82) is 0 Å². The van der Waals surface area contributed by atoms with E-state index in [9.17, 15) is 0 Å². The zero-order valence-electron chi connectivity index (χ0n) is 7.71. The van der Waals surface area contributed by atoms with Crippen LogP contribution in [0.2, 0.25) is 0 Å². The molecule has 1 N–H and O–H groups in total. The summed E-state index contributed by atoms with van der Waals surface area (Å²) < 4.78 is 0. The van der Waals surface area contributed by atoms with E-state index >= 15 is 0 Å². The molecule has 0 unspecified atom stereocenters. The molecule has 0 aliphatic heterocycles. The Kier molecular flexibility index (Phi) is 2.70. The summed E-state index contributed by atoms with van der Waals surface area (Å²) in [4.78, 5) is 4.39. The van der Waals surface area contributed by atoms with Crippen molar-refractivity contribution in [2.24, 2.45) is 5.92 Å². The smallest absolute Gasteiger partial charge is 0.119 e. The number of rotatable bonds is 2. The summed E-state index contributed by atoms with van der Waals surface area (Å²) in [5, 5.41) is 8.60. The van der Waals surface area contributed by atoms with Gasteiger partial charge in [0.2, 0.25) is 0 Å². The Hall–Kier alpha value is -0.600. The largest absolute Gasteiger partial charge is 0.251 e. The fourth-order valence-corrected chi connectivity index (χ4v) is 1.43. The fraction of sp³-hybridized carbons (Fsp3) is 0.600. The third kappa shape index (κ3) is 1.96. The molecule has 0 aromatic carbocycles. The lowest BCUT2D eigenvalue weighted by atomic mass is 9.83. The van der Waals surface area contributed by atoms with Gasteiger partial charge in [0.05, 0.1) is 0 Å². The number of allylic oxidation sites excluding steroid dienone is 2. The van der Waals surface area contributed by atoms with Gasteiger partial charge in [-0.2, -0.15) is 0 Å². The molecule has 0 fully saturated rings. The summed E-state index contributed by atoms with van der Waals surface area (Å²) in [6, 6.07) is 0. The summed E-state index contributed by atoms with van der Waals surface area (Å²) in [6.45, 7) is 7.80. The Labute approximate surface area is 73.5 Å². The lowest BCUT2D eigenvalue weighted by Crippen LogP contribution is -2.28. The topological polar surface area (TPSA) is 29.5 Å². The second kappa shape index (κ2) is 3.42. The van der Waals surface area contributed by atoms with Crippen LogP contribution in [0.4, 0.5) is 0 Å². The Balaban J connectivity index is 2.64. The Morgan fingerprint density at radius 3 is 2.75 bits per heavy atom. The Morgan fingerprint density at radius 1 is 1.75 bits per heavy atom. The van der Waals surface area contributed by atoms with Gasteiger partial charge >= 0.3 is 0 Å². The monoisotopic (exact) mass is 168 g/mol. The molecule has 1 aliphatic rings. The van der Waals surface area contributed by atoms with E-state index in [0.29, 0.717) is 5.92 Å². The third-order valence-corrected chi connectivity index (χ3v) is 2.47. The summed E-state index contributed by atoms with van der Waals surface area (Å²) in [6.07, 6.45) is 5.82. The minimum atomic E-state index is -0.480. The summed E-state index contributed by atoms with van der Waals surface area (Å²) >= 11 is 0. The summed E-state index contributed by atoms with van der Waals surface area (Å²) in [7, 11) is 0. The quantitative estimate of drug-likeness (QED) is 0.390. The second-order valence-electron chi connectivity index (χ2n) is 3.75. The standard InChI is InChI=1S/C10H16O2/c1-8(2)9-4-6-10(3,12-11)7-5-9/h4,6,9,11H,1,5,7H2,2-3H3/t9-,10+/m1/s1. The molecule has 0 aromatic heterocycles. The average molecular weight is 168 g/mol. The molecule has 0 bridgehead atoms. The lowest BCUT2D eigenvalue weighted by molar-refractivity contribution is -0.305. The van der Waals surface area contributed by atoms with Gasteiger partial charge in [-0.3, -0.25) is 5.26 Å². The first-order chi connectivity index (χ1) is 5.57.